The summed E-state index contributed by atoms with van der Waals surface area (Å²) >= 11 is 0. The molecule has 2 heterocycles. The standard InChI is InChI=1S/C18H25N5O2/c1-13(15-5-4-6-16(11-15)25-3)20-18(24)23-9-7-14(8-10-23)17-21-19-12-22(17)2/h4-6,11-14H,7-10H2,1-3H3,(H,20,24). The highest BCUT2D eigenvalue weighted by Gasteiger charge is 2.27. The van der Waals surface area contributed by atoms with Crippen LogP contribution >= 0.6 is 0 Å². The maximum absolute atomic E-state index is 12.5. The molecule has 0 spiro atoms. The summed E-state index contributed by atoms with van der Waals surface area (Å²) in [7, 11) is 3.61. The van der Waals surface area contributed by atoms with Gasteiger partial charge >= 0.3 is 6.03 Å². The quantitative estimate of drug-likeness (QED) is 0.926. The second-order valence-electron chi connectivity index (χ2n) is 6.51. The molecule has 0 saturated carbocycles. The number of likely N-dealkylation sites (tertiary alicyclic amines) is 1. The Bertz CT molecular complexity index is 722. The zero-order chi connectivity index (χ0) is 17.8. The van der Waals surface area contributed by atoms with Crippen molar-refractivity contribution in [1.29, 1.82) is 0 Å². The van der Waals surface area contributed by atoms with E-state index in [1.54, 1.807) is 13.4 Å². The number of hydrogen-bond acceptors (Lipinski definition) is 4. The summed E-state index contributed by atoms with van der Waals surface area (Å²) in [5.41, 5.74) is 1.03. The predicted octanol–water partition coefficient (Wildman–Crippen LogP) is 2.47. The van der Waals surface area contributed by atoms with Crippen LogP contribution in [0.3, 0.4) is 0 Å². The van der Waals surface area contributed by atoms with Crippen LogP contribution in [0.5, 0.6) is 5.75 Å². The van der Waals surface area contributed by atoms with Gasteiger partial charge in [0.25, 0.3) is 0 Å². The van der Waals surface area contributed by atoms with Gasteiger partial charge < -0.3 is 19.5 Å². The summed E-state index contributed by atoms with van der Waals surface area (Å²) in [5, 5.41) is 11.2. The highest BCUT2D eigenvalue weighted by molar-refractivity contribution is 5.74. The molecule has 0 radical (unpaired) electrons. The Balaban J connectivity index is 1.55. The third-order valence-electron chi connectivity index (χ3n) is 4.83. The van der Waals surface area contributed by atoms with Gasteiger partial charge in [0.05, 0.1) is 13.2 Å². The number of urea groups is 1. The number of ether oxygens (including phenoxy) is 1. The van der Waals surface area contributed by atoms with Crippen LogP contribution in [0.15, 0.2) is 30.6 Å². The van der Waals surface area contributed by atoms with E-state index in [4.69, 9.17) is 4.74 Å². The third kappa shape index (κ3) is 3.92. The first kappa shape index (κ1) is 17.3. The number of amides is 2. The molecule has 1 aliphatic heterocycles. The van der Waals surface area contributed by atoms with E-state index in [0.29, 0.717) is 5.92 Å². The van der Waals surface area contributed by atoms with E-state index in [1.165, 1.54) is 0 Å². The number of carbonyl (C=O) groups excluding carboxylic acids is 1. The summed E-state index contributed by atoms with van der Waals surface area (Å²) in [5.74, 6) is 2.17. The SMILES string of the molecule is COc1cccc(C(C)NC(=O)N2CCC(c3nncn3C)CC2)c1. The summed E-state index contributed by atoms with van der Waals surface area (Å²) in [4.78, 5) is 14.4. The van der Waals surface area contributed by atoms with Crippen LogP contribution in [0, 0.1) is 0 Å². The van der Waals surface area contributed by atoms with Gasteiger partial charge in [0, 0.05) is 26.1 Å². The lowest BCUT2D eigenvalue weighted by Gasteiger charge is -2.32. The normalized spacial score (nSPS) is 16.5. The minimum Gasteiger partial charge on any atom is -0.497 e. The van der Waals surface area contributed by atoms with Gasteiger partial charge in [0.1, 0.15) is 17.9 Å². The molecule has 7 nitrogen and oxygen atoms in total. The van der Waals surface area contributed by atoms with Gasteiger partial charge in [-0.1, -0.05) is 12.1 Å². The average Bonchev–Trinajstić information content (AvgIpc) is 3.07. The number of benzene rings is 1. The van der Waals surface area contributed by atoms with Gasteiger partial charge in [-0.2, -0.15) is 0 Å². The lowest BCUT2D eigenvalue weighted by atomic mass is 9.96. The fraction of sp³-hybridized carbons (Fsp3) is 0.500. The van der Waals surface area contributed by atoms with E-state index in [1.807, 2.05) is 47.7 Å². The molecule has 1 fully saturated rings. The highest BCUT2D eigenvalue weighted by atomic mass is 16.5. The van der Waals surface area contributed by atoms with Crippen molar-refractivity contribution in [3.63, 3.8) is 0 Å². The Hall–Kier alpha value is -2.57. The van der Waals surface area contributed by atoms with Crippen LogP contribution in [0.2, 0.25) is 0 Å². The van der Waals surface area contributed by atoms with Gasteiger partial charge in [-0.25, -0.2) is 4.79 Å². The zero-order valence-electron chi connectivity index (χ0n) is 15.0. The van der Waals surface area contributed by atoms with E-state index < -0.39 is 0 Å². The van der Waals surface area contributed by atoms with Crippen molar-refractivity contribution in [2.75, 3.05) is 20.2 Å². The number of piperidine rings is 1. The first-order valence-electron chi connectivity index (χ1n) is 8.61. The number of methoxy groups -OCH3 is 1. The lowest BCUT2D eigenvalue weighted by Crippen LogP contribution is -2.45. The fourth-order valence-electron chi connectivity index (χ4n) is 3.27. The minimum absolute atomic E-state index is 0.0215. The lowest BCUT2D eigenvalue weighted by molar-refractivity contribution is 0.177. The summed E-state index contributed by atoms with van der Waals surface area (Å²) in [6.45, 7) is 3.45. The Morgan fingerprint density at radius 2 is 2.12 bits per heavy atom. The van der Waals surface area contributed by atoms with Gasteiger partial charge in [-0.05, 0) is 37.5 Å². The van der Waals surface area contributed by atoms with Gasteiger partial charge in [-0.3, -0.25) is 0 Å². The molecule has 2 aromatic rings. The molecule has 3 rings (SSSR count). The fourth-order valence-corrected chi connectivity index (χ4v) is 3.27. The molecule has 1 aromatic heterocycles. The maximum Gasteiger partial charge on any atom is 0.317 e. The van der Waals surface area contributed by atoms with Crippen LogP contribution < -0.4 is 10.1 Å². The van der Waals surface area contributed by atoms with E-state index >= 15 is 0 Å². The molecule has 1 unspecified atom stereocenters. The molecule has 1 aliphatic rings. The van der Waals surface area contributed by atoms with E-state index in [9.17, 15) is 4.79 Å². The number of aromatic nitrogens is 3. The molecule has 0 aliphatic carbocycles. The van der Waals surface area contributed by atoms with Crippen molar-refractivity contribution in [3.05, 3.63) is 42.0 Å². The largest absolute Gasteiger partial charge is 0.497 e. The summed E-state index contributed by atoms with van der Waals surface area (Å²) in [6.07, 6.45) is 3.55. The summed E-state index contributed by atoms with van der Waals surface area (Å²) < 4.78 is 7.21. The Morgan fingerprint density at radius 1 is 1.36 bits per heavy atom. The zero-order valence-corrected chi connectivity index (χ0v) is 15.0. The van der Waals surface area contributed by atoms with Crippen molar-refractivity contribution < 1.29 is 9.53 Å². The van der Waals surface area contributed by atoms with Crippen molar-refractivity contribution in [2.24, 2.45) is 7.05 Å². The smallest absolute Gasteiger partial charge is 0.317 e. The number of hydrogen-bond donors (Lipinski definition) is 1. The molecular formula is C18H25N5O2. The maximum atomic E-state index is 12.5. The Morgan fingerprint density at radius 3 is 2.76 bits per heavy atom. The minimum atomic E-state index is -0.0703. The molecule has 1 aromatic carbocycles. The average molecular weight is 343 g/mol. The first-order chi connectivity index (χ1) is 12.1. The summed E-state index contributed by atoms with van der Waals surface area (Å²) in [6, 6.07) is 7.68. The van der Waals surface area contributed by atoms with Gasteiger partial charge in [0.2, 0.25) is 0 Å². The molecule has 2 amide bonds. The number of aryl methyl sites for hydroxylation is 1. The number of rotatable bonds is 4. The van der Waals surface area contributed by atoms with E-state index in [-0.39, 0.29) is 12.1 Å². The van der Waals surface area contributed by atoms with Crippen molar-refractivity contribution in [1.82, 2.24) is 25.0 Å². The van der Waals surface area contributed by atoms with Crippen LogP contribution in [-0.4, -0.2) is 45.9 Å². The molecule has 25 heavy (non-hydrogen) atoms. The van der Waals surface area contributed by atoms with E-state index in [0.717, 1.165) is 43.1 Å². The molecule has 1 atom stereocenters. The second-order valence-corrected chi connectivity index (χ2v) is 6.51. The molecule has 0 bridgehead atoms. The Kier molecular flexibility index (Phi) is 5.21. The van der Waals surface area contributed by atoms with E-state index in [2.05, 4.69) is 15.5 Å². The van der Waals surface area contributed by atoms with Crippen molar-refractivity contribution >= 4 is 6.03 Å². The van der Waals surface area contributed by atoms with Crippen LogP contribution in [0.4, 0.5) is 4.79 Å². The van der Waals surface area contributed by atoms with Crippen LogP contribution in [0.25, 0.3) is 0 Å². The van der Waals surface area contributed by atoms with Crippen molar-refractivity contribution in [3.8, 4) is 5.75 Å². The molecule has 7 heteroatoms. The van der Waals surface area contributed by atoms with Gasteiger partial charge in [-0.15, -0.1) is 10.2 Å². The Labute approximate surface area is 148 Å². The number of nitrogens with one attached hydrogen (secondary N) is 1. The predicted molar refractivity (Wildman–Crippen MR) is 94.5 cm³/mol. The second kappa shape index (κ2) is 7.55. The first-order valence-corrected chi connectivity index (χ1v) is 8.61. The van der Waals surface area contributed by atoms with Crippen LogP contribution in [0.1, 0.15) is 43.1 Å². The number of nitrogens with zero attached hydrogens (tertiary/aromatic N) is 4. The molecule has 134 valence electrons. The van der Waals surface area contributed by atoms with Gasteiger partial charge in [0.15, 0.2) is 0 Å². The number of carbonyl (C=O) groups is 1. The molecular weight excluding hydrogens is 318 g/mol. The van der Waals surface area contributed by atoms with Crippen LogP contribution in [-0.2, 0) is 7.05 Å². The topological polar surface area (TPSA) is 72.3 Å². The third-order valence-corrected chi connectivity index (χ3v) is 4.83. The van der Waals surface area contributed by atoms with Crippen molar-refractivity contribution in [2.45, 2.75) is 31.7 Å². The molecule has 1 N–H and O–H groups in total. The molecule has 1 saturated heterocycles. The highest BCUT2D eigenvalue weighted by Crippen LogP contribution is 2.26. The monoisotopic (exact) mass is 343 g/mol.